The van der Waals surface area contributed by atoms with Crippen LogP contribution in [0, 0.1) is 0 Å². The lowest BCUT2D eigenvalue weighted by molar-refractivity contribution is -0.274. The number of esters is 1. The van der Waals surface area contributed by atoms with E-state index in [0.717, 1.165) is 12.1 Å². The van der Waals surface area contributed by atoms with Gasteiger partial charge in [0, 0.05) is 28.8 Å². The van der Waals surface area contributed by atoms with Gasteiger partial charge in [0.2, 0.25) is 0 Å². The number of carbonyl (C=O) groups excluding carboxylic acids is 1. The number of rotatable bonds is 6. The Hall–Kier alpha value is -3.51. The molecule has 0 aliphatic carbocycles. The number of halogens is 4. The van der Waals surface area contributed by atoms with E-state index in [0.29, 0.717) is 32.7 Å². The first-order valence-electron chi connectivity index (χ1n) is 9.29. The number of hydrazine groups is 1. The fraction of sp³-hybridized carbons (Fsp3) is 0.143. The van der Waals surface area contributed by atoms with Crippen LogP contribution in [-0.2, 0) is 11.8 Å². The summed E-state index contributed by atoms with van der Waals surface area (Å²) < 4.78 is 48.1. The van der Waals surface area contributed by atoms with Crippen molar-refractivity contribution in [1.29, 1.82) is 0 Å². The van der Waals surface area contributed by atoms with Crippen molar-refractivity contribution in [3.63, 3.8) is 0 Å². The summed E-state index contributed by atoms with van der Waals surface area (Å²) in [4.78, 5) is 12.0. The van der Waals surface area contributed by atoms with Crippen molar-refractivity contribution >= 4 is 33.3 Å². The topological polar surface area (TPSA) is 109 Å². The number of benzene rings is 2. The van der Waals surface area contributed by atoms with Crippen molar-refractivity contribution in [3.05, 3.63) is 70.5 Å². The molecule has 3 aromatic rings. The number of aryl methyl sites for hydroxylation is 1. The molecule has 0 radical (unpaired) electrons. The smallest absolute Gasteiger partial charge is 0.464 e. The highest BCUT2D eigenvalue weighted by Crippen LogP contribution is 2.36. The SMILES string of the molecule is COC(=O)c1cc(-c2ccc(Br)cc2N(N)/C(=C\N)c2ccc(OC(F)(F)F)cc2)nn1C. The number of nitrogens with zero attached hydrogens (tertiary/aromatic N) is 3. The van der Waals surface area contributed by atoms with E-state index < -0.39 is 12.3 Å². The predicted octanol–water partition coefficient (Wildman–Crippen LogP) is 4.17. The minimum absolute atomic E-state index is 0.236. The highest BCUT2D eigenvalue weighted by atomic mass is 79.9. The number of anilines is 1. The molecule has 174 valence electrons. The molecule has 0 aliphatic heterocycles. The van der Waals surface area contributed by atoms with Crippen LogP contribution < -0.4 is 21.3 Å². The Kier molecular flexibility index (Phi) is 6.98. The lowest BCUT2D eigenvalue weighted by Crippen LogP contribution is -2.30. The van der Waals surface area contributed by atoms with E-state index in [-0.39, 0.29) is 11.4 Å². The van der Waals surface area contributed by atoms with Gasteiger partial charge in [-0.25, -0.2) is 10.6 Å². The molecule has 1 aromatic heterocycles. The number of aromatic nitrogens is 2. The second-order valence-corrected chi connectivity index (χ2v) is 7.60. The average molecular weight is 526 g/mol. The van der Waals surface area contributed by atoms with Gasteiger partial charge in [0.05, 0.1) is 24.2 Å². The summed E-state index contributed by atoms with van der Waals surface area (Å²) in [5, 5.41) is 5.64. The van der Waals surface area contributed by atoms with E-state index >= 15 is 0 Å². The molecular formula is C21H19BrF3N5O3. The zero-order chi connectivity index (χ0) is 24.3. The van der Waals surface area contributed by atoms with Crippen molar-refractivity contribution in [3.8, 4) is 17.0 Å². The second-order valence-electron chi connectivity index (χ2n) is 6.69. The van der Waals surface area contributed by atoms with Gasteiger partial charge >= 0.3 is 12.3 Å². The molecular weight excluding hydrogens is 507 g/mol. The molecule has 0 fully saturated rings. The van der Waals surface area contributed by atoms with E-state index in [1.807, 2.05) is 0 Å². The number of alkyl halides is 3. The summed E-state index contributed by atoms with van der Waals surface area (Å²) in [5.41, 5.74) is 8.27. The zero-order valence-electron chi connectivity index (χ0n) is 17.4. The van der Waals surface area contributed by atoms with Gasteiger partial charge in [-0.05, 0) is 48.5 Å². The highest BCUT2D eigenvalue weighted by molar-refractivity contribution is 9.10. The third kappa shape index (κ3) is 5.46. The van der Waals surface area contributed by atoms with Crippen LogP contribution in [-0.4, -0.2) is 29.2 Å². The summed E-state index contributed by atoms with van der Waals surface area (Å²) in [6.45, 7) is 0. The third-order valence-corrected chi connectivity index (χ3v) is 5.06. The Bertz CT molecular complexity index is 1190. The summed E-state index contributed by atoms with van der Waals surface area (Å²) in [6, 6.07) is 11.9. The number of hydrogen-bond donors (Lipinski definition) is 2. The average Bonchev–Trinajstić information content (AvgIpc) is 3.15. The molecule has 0 atom stereocenters. The zero-order valence-corrected chi connectivity index (χ0v) is 19.0. The first kappa shape index (κ1) is 24.1. The van der Waals surface area contributed by atoms with Gasteiger partial charge in [0.15, 0.2) is 0 Å². The van der Waals surface area contributed by atoms with Crippen molar-refractivity contribution in [2.45, 2.75) is 6.36 Å². The Morgan fingerprint density at radius 2 is 1.85 bits per heavy atom. The quantitative estimate of drug-likeness (QED) is 0.282. The molecule has 1 heterocycles. The normalized spacial score (nSPS) is 11.9. The van der Waals surface area contributed by atoms with Crippen LogP contribution in [0.25, 0.3) is 17.0 Å². The van der Waals surface area contributed by atoms with Gasteiger partial charge in [-0.3, -0.25) is 9.69 Å². The summed E-state index contributed by atoms with van der Waals surface area (Å²) in [6.07, 6.45) is -3.58. The van der Waals surface area contributed by atoms with Gasteiger partial charge in [0.1, 0.15) is 11.4 Å². The van der Waals surface area contributed by atoms with Gasteiger partial charge < -0.3 is 15.2 Å². The van der Waals surface area contributed by atoms with E-state index in [1.54, 1.807) is 31.3 Å². The van der Waals surface area contributed by atoms with Gasteiger partial charge in [-0.2, -0.15) is 5.10 Å². The molecule has 12 heteroatoms. The molecule has 0 aliphatic rings. The van der Waals surface area contributed by atoms with E-state index in [9.17, 15) is 18.0 Å². The molecule has 2 aromatic carbocycles. The minimum Gasteiger partial charge on any atom is -0.464 e. The maximum atomic E-state index is 12.4. The summed E-state index contributed by atoms with van der Waals surface area (Å²) >= 11 is 3.40. The largest absolute Gasteiger partial charge is 0.573 e. The van der Waals surface area contributed by atoms with Crippen LogP contribution in [0.15, 0.2) is 59.2 Å². The first-order valence-corrected chi connectivity index (χ1v) is 10.1. The number of hydrogen-bond acceptors (Lipinski definition) is 7. The lowest BCUT2D eigenvalue weighted by atomic mass is 10.1. The summed E-state index contributed by atoms with van der Waals surface area (Å²) in [7, 11) is 2.87. The maximum Gasteiger partial charge on any atom is 0.573 e. The van der Waals surface area contributed by atoms with E-state index in [1.165, 1.54) is 35.1 Å². The summed E-state index contributed by atoms with van der Waals surface area (Å²) in [5.74, 6) is 5.46. The highest BCUT2D eigenvalue weighted by Gasteiger charge is 2.31. The van der Waals surface area contributed by atoms with Crippen LogP contribution in [0.2, 0.25) is 0 Å². The molecule has 0 saturated carbocycles. The minimum atomic E-state index is -4.80. The van der Waals surface area contributed by atoms with Crippen LogP contribution >= 0.6 is 15.9 Å². The van der Waals surface area contributed by atoms with Crippen molar-refractivity contribution in [2.75, 3.05) is 12.1 Å². The molecule has 0 spiro atoms. The predicted molar refractivity (Wildman–Crippen MR) is 120 cm³/mol. The fourth-order valence-corrected chi connectivity index (χ4v) is 3.44. The third-order valence-electron chi connectivity index (χ3n) is 4.57. The van der Waals surface area contributed by atoms with Crippen LogP contribution in [0.4, 0.5) is 18.9 Å². The van der Waals surface area contributed by atoms with E-state index in [4.69, 9.17) is 16.3 Å². The Balaban J connectivity index is 2.00. The number of carbonyl (C=O) groups is 1. The molecule has 0 bridgehead atoms. The Morgan fingerprint density at radius 1 is 1.18 bits per heavy atom. The molecule has 0 amide bonds. The van der Waals surface area contributed by atoms with Crippen LogP contribution in [0.5, 0.6) is 5.75 Å². The van der Waals surface area contributed by atoms with Gasteiger partial charge in [-0.15, -0.1) is 13.2 Å². The monoisotopic (exact) mass is 525 g/mol. The second kappa shape index (κ2) is 9.55. The van der Waals surface area contributed by atoms with Crippen molar-refractivity contribution < 1.29 is 27.4 Å². The molecule has 3 rings (SSSR count). The Labute approximate surface area is 195 Å². The number of ether oxygens (including phenoxy) is 2. The maximum absolute atomic E-state index is 12.4. The standard InChI is InChI=1S/C21H19BrF3N5O3/c1-29-18(20(31)32-2)10-16(28-29)15-8-5-13(22)9-17(15)30(27)19(11-26)12-3-6-14(7-4-12)33-21(23,24)25/h3-11H,26-27H2,1-2H3/b19-11-. The van der Waals surface area contributed by atoms with Crippen molar-refractivity contribution in [2.24, 2.45) is 18.6 Å². The molecule has 8 nitrogen and oxygen atoms in total. The first-order chi connectivity index (χ1) is 15.5. The van der Waals surface area contributed by atoms with E-state index in [2.05, 4.69) is 25.8 Å². The molecule has 0 saturated heterocycles. The van der Waals surface area contributed by atoms with Gasteiger partial charge in [0.25, 0.3) is 0 Å². The molecule has 0 unspecified atom stereocenters. The van der Waals surface area contributed by atoms with Crippen LogP contribution in [0.3, 0.4) is 0 Å². The number of methoxy groups -OCH3 is 1. The molecule has 33 heavy (non-hydrogen) atoms. The van der Waals surface area contributed by atoms with Crippen molar-refractivity contribution in [1.82, 2.24) is 9.78 Å². The fourth-order valence-electron chi connectivity index (χ4n) is 3.09. The van der Waals surface area contributed by atoms with Gasteiger partial charge in [-0.1, -0.05) is 15.9 Å². The lowest BCUT2D eigenvalue weighted by Gasteiger charge is -2.24. The van der Waals surface area contributed by atoms with Crippen LogP contribution in [0.1, 0.15) is 16.1 Å². The molecule has 4 N–H and O–H groups in total. The Morgan fingerprint density at radius 3 is 2.42 bits per heavy atom. The number of nitrogens with two attached hydrogens (primary N) is 2.